The first kappa shape index (κ1) is 16.3. The van der Waals surface area contributed by atoms with E-state index in [1.165, 1.54) is 6.07 Å². The van der Waals surface area contributed by atoms with Gasteiger partial charge in [0.25, 0.3) is 0 Å². The Balaban J connectivity index is 1.84. The summed E-state index contributed by atoms with van der Waals surface area (Å²) in [6, 6.07) is 4.85. The molecule has 3 N–H and O–H groups in total. The van der Waals surface area contributed by atoms with Crippen molar-refractivity contribution in [2.24, 2.45) is 0 Å². The standard InChI is InChI=1S/C16H24N2O4/c1-16(2,3)22-15(20)18-8-6-11(7-9-18)21-12-4-5-13(17)14(19)10-12/h4-5,10-11,19H,6-9,17H2,1-3H3. The Hall–Kier alpha value is -2.11. The van der Waals surface area contributed by atoms with Crippen molar-refractivity contribution in [1.29, 1.82) is 0 Å². The molecule has 6 nitrogen and oxygen atoms in total. The number of phenolic OH excluding ortho intramolecular Hbond substituents is 1. The summed E-state index contributed by atoms with van der Waals surface area (Å²) in [5.74, 6) is 0.603. The lowest BCUT2D eigenvalue weighted by Gasteiger charge is -2.33. The number of benzene rings is 1. The van der Waals surface area contributed by atoms with Crippen molar-refractivity contribution < 1.29 is 19.4 Å². The topological polar surface area (TPSA) is 85.0 Å². The van der Waals surface area contributed by atoms with Gasteiger partial charge in [-0.15, -0.1) is 0 Å². The van der Waals surface area contributed by atoms with Crippen LogP contribution in [0.1, 0.15) is 33.6 Å². The second kappa shape index (κ2) is 6.34. The van der Waals surface area contributed by atoms with Gasteiger partial charge in [0.05, 0.1) is 5.69 Å². The minimum Gasteiger partial charge on any atom is -0.506 e. The largest absolute Gasteiger partial charge is 0.506 e. The molecule has 1 aromatic carbocycles. The molecule has 1 aliphatic rings. The van der Waals surface area contributed by atoms with E-state index in [1.54, 1.807) is 17.0 Å². The third-order valence-corrected chi connectivity index (χ3v) is 3.40. The maximum Gasteiger partial charge on any atom is 0.410 e. The molecule has 22 heavy (non-hydrogen) atoms. The zero-order valence-corrected chi connectivity index (χ0v) is 13.3. The van der Waals surface area contributed by atoms with Gasteiger partial charge >= 0.3 is 6.09 Å². The quantitative estimate of drug-likeness (QED) is 0.648. The maximum absolute atomic E-state index is 12.0. The SMILES string of the molecule is CC(C)(C)OC(=O)N1CCC(Oc2ccc(N)c(O)c2)CC1. The van der Waals surface area contributed by atoms with Crippen LogP contribution in [-0.4, -0.2) is 40.9 Å². The smallest absolute Gasteiger partial charge is 0.410 e. The van der Waals surface area contributed by atoms with Crippen LogP contribution in [0.4, 0.5) is 10.5 Å². The lowest BCUT2D eigenvalue weighted by molar-refractivity contribution is 0.0126. The van der Waals surface area contributed by atoms with E-state index in [-0.39, 0.29) is 17.9 Å². The van der Waals surface area contributed by atoms with Gasteiger partial charge in [-0.2, -0.15) is 0 Å². The van der Waals surface area contributed by atoms with Gasteiger partial charge in [-0.3, -0.25) is 0 Å². The first-order valence-electron chi connectivity index (χ1n) is 7.48. The van der Waals surface area contributed by atoms with E-state index in [4.69, 9.17) is 15.2 Å². The highest BCUT2D eigenvalue weighted by Crippen LogP contribution is 2.27. The maximum atomic E-state index is 12.0. The first-order valence-corrected chi connectivity index (χ1v) is 7.48. The van der Waals surface area contributed by atoms with Crippen molar-refractivity contribution in [2.75, 3.05) is 18.8 Å². The molecular weight excluding hydrogens is 284 g/mol. The Morgan fingerprint density at radius 3 is 2.50 bits per heavy atom. The van der Waals surface area contributed by atoms with Crippen molar-refractivity contribution >= 4 is 11.8 Å². The third kappa shape index (κ3) is 4.44. The number of amides is 1. The highest BCUT2D eigenvalue weighted by atomic mass is 16.6. The van der Waals surface area contributed by atoms with Crippen LogP contribution in [0.3, 0.4) is 0 Å². The number of hydrogen-bond acceptors (Lipinski definition) is 5. The number of likely N-dealkylation sites (tertiary alicyclic amines) is 1. The summed E-state index contributed by atoms with van der Waals surface area (Å²) in [4.78, 5) is 13.7. The molecule has 1 heterocycles. The number of carbonyl (C=O) groups is 1. The van der Waals surface area contributed by atoms with Crippen LogP contribution in [0, 0.1) is 0 Å². The fourth-order valence-electron chi connectivity index (χ4n) is 2.27. The molecule has 0 aliphatic carbocycles. The Bertz CT molecular complexity index is 531. The molecule has 1 amide bonds. The minimum atomic E-state index is -0.480. The second-order valence-electron chi connectivity index (χ2n) is 6.51. The molecule has 122 valence electrons. The fraction of sp³-hybridized carbons (Fsp3) is 0.562. The van der Waals surface area contributed by atoms with E-state index in [9.17, 15) is 9.90 Å². The molecule has 0 bridgehead atoms. The zero-order chi connectivity index (χ0) is 16.3. The number of aromatic hydroxyl groups is 1. The number of anilines is 1. The van der Waals surface area contributed by atoms with E-state index < -0.39 is 5.60 Å². The normalized spacial score (nSPS) is 16.4. The van der Waals surface area contributed by atoms with Crippen molar-refractivity contribution in [1.82, 2.24) is 4.90 Å². The van der Waals surface area contributed by atoms with Crippen LogP contribution < -0.4 is 10.5 Å². The predicted molar refractivity (Wildman–Crippen MR) is 84.0 cm³/mol. The van der Waals surface area contributed by atoms with Gasteiger partial charge in [-0.1, -0.05) is 0 Å². The van der Waals surface area contributed by atoms with Crippen molar-refractivity contribution in [3.8, 4) is 11.5 Å². The van der Waals surface area contributed by atoms with Crippen molar-refractivity contribution in [3.05, 3.63) is 18.2 Å². The van der Waals surface area contributed by atoms with Gasteiger partial charge in [0.15, 0.2) is 0 Å². The molecule has 6 heteroatoms. The number of carbonyl (C=O) groups excluding carboxylic acids is 1. The average Bonchev–Trinajstić information content (AvgIpc) is 2.42. The Kier molecular flexibility index (Phi) is 4.68. The van der Waals surface area contributed by atoms with Crippen molar-refractivity contribution in [2.45, 2.75) is 45.3 Å². The number of ether oxygens (including phenoxy) is 2. The summed E-state index contributed by atoms with van der Waals surface area (Å²) >= 11 is 0. The van der Waals surface area contributed by atoms with Crippen LogP contribution in [0.25, 0.3) is 0 Å². The van der Waals surface area contributed by atoms with Gasteiger partial charge in [-0.25, -0.2) is 4.79 Å². The van der Waals surface area contributed by atoms with Crippen LogP contribution in [-0.2, 0) is 4.74 Å². The molecule has 0 spiro atoms. The Morgan fingerprint density at radius 2 is 1.95 bits per heavy atom. The predicted octanol–water partition coefficient (Wildman–Crippen LogP) is 2.75. The van der Waals surface area contributed by atoms with E-state index in [0.717, 1.165) is 12.8 Å². The lowest BCUT2D eigenvalue weighted by atomic mass is 10.1. The number of nitrogens with two attached hydrogens (primary N) is 1. The molecule has 0 atom stereocenters. The number of nitrogen functional groups attached to an aromatic ring is 1. The Morgan fingerprint density at radius 1 is 1.32 bits per heavy atom. The second-order valence-corrected chi connectivity index (χ2v) is 6.51. The van der Waals surface area contributed by atoms with Gasteiger partial charge in [0.2, 0.25) is 0 Å². The summed E-state index contributed by atoms with van der Waals surface area (Å²) in [7, 11) is 0. The lowest BCUT2D eigenvalue weighted by Crippen LogP contribution is -2.44. The Labute approximate surface area is 130 Å². The highest BCUT2D eigenvalue weighted by Gasteiger charge is 2.27. The van der Waals surface area contributed by atoms with Crippen molar-refractivity contribution in [3.63, 3.8) is 0 Å². The molecule has 0 aromatic heterocycles. The van der Waals surface area contributed by atoms with E-state index >= 15 is 0 Å². The average molecular weight is 308 g/mol. The summed E-state index contributed by atoms with van der Waals surface area (Å²) < 4.78 is 11.2. The monoisotopic (exact) mass is 308 g/mol. The van der Waals surface area contributed by atoms with E-state index in [1.807, 2.05) is 20.8 Å². The number of hydrogen-bond donors (Lipinski definition) is 2. The first-order chi connectivity index (χ1) is 10.2. The molecule has 1 saturated heterocycles. The molecular formula is C16H24N2O4. The summed E-state index contributed by atoms with van der Waals surface area (Å²) in [5.41, 5.74) is 5.41. The molecule has 0 radical (unpaired) electrons. The highest BCUT2D eigenvalue weighted by molar-refractivity contribution is 5.68. The van der Waals surface area contributed by atoms with Gasteiger partial charge in [0, 0.05) is 32.0 Å². The van der Waals surface area contributed by atoms with Gasteiger partial charge in [0.1, 0.15) is 23.2 Å². The van der Waals surface area contributed by atoms with Crippen LogP contribution in [0.5, 0.6) is 11.5 Å². The molecule has 1 aromatic rings. The minimum absolute atomic E-state index is 0.0155. The van der Waals surface area contributed by atoms with E-state index in [2.05, 4.69) is 0 Å². The zero-order valence-electron chi connectivity index (χ0n) is 13.3. The number of rotatable bonds is 2. The van der Waals surface area contributed by atoms with Crippen LogP contribution in [0.2, 0.25) is 0 Å². The molecule has 0 unspecified atom stereocenters. The fourth-order valence-corrected chi connectivity index (χ4v) is 2.27. The van der Waals surface area contributed by atoms with Gasteiger partial charge in [-0.05, 0) is 32.9 Å². The molecule has 0 saturated carbocycles. The summed E-state index contributed by atoms with van der Waals surface area (Å²) in [6.07, 6.45) is 1.19. The molecule has 1 fully saturated rings. The van der Waals surface area contributed by atoms with E-state index in [0.29, 0.717) is 24.5 Å². The van der Waals surface area contributed by atoms with Crippen LogP contribution >= 0.6 is 0 Å². The third-order valence-electron chi connectivity index (χ3n) is 3.40. The summed E-state index contributed by atoms with van der Waals surface area (Å²) in [6.45, 7) is 6.76. The number of piperidine rings is 1. The number of phenols is 1. The van der Waals surface area contributed by atoms with Crippen LogP contribution in [0.15, 0.2) is 18.2 Å². The molecule has 2 rings (SSSR count). The van der Waals surface area contributed by atoms with Gasteiger partial charge < -0.3 is 25.2 Å². The summed E-state index contributed by atoms with van der Waals surface area (Å²) in [5, 5.41) is 9.58. The molecule has 1 aliphatic heterocycles. The number of nitrogens with zero attached hydrogens (tertiary/aromatic N) is 1.